The molecule has 24 heavy (non-hydrogen) atoms. The van der Waals surface area contributed by atoms with Crippen LogP contribution in [0.5, 0.6) is 0 Å². The summed E-state index contributed by atoms with van der Waals surface area (Å²) in [5.74, 6) is -0.674. The van der Waals surface area contributed by atoms with E-state index in [-0.39, 0.29) is 5.56 Å². The molecule has 3 rings (SSSR count). The number of benzene rings is 1. The third-order valence-corrected chi connectivity index (χ3v) is 3.65. The quantitative estimate of drug-likeness (QED) is 0.575. The van der Waals surface area contributed by atoms with Gasteiger partial charge in [0.25, 0.3) is 11.7 Å². The molecule has 0 radical (unpaired) electrons. The van der Waals surface area contributed by atoms with Crippen LogP contribution in [0.15, 0.2) is 67.3 Å². The van der Waals surface area contributed by atoms with Crippen LogP contribution in [0.4, 0.5) is 0 Å². The average molecular weight is 320 g/mol. The Labute approximate surface area is 139 Å². The highest BCUT2D eigenvalue weighted by molar-refractivity contribution is 6.42. The highest BCUT2D eigenvalue weighted by Gasteiger charge is 2.24. The molecule has 6 nitrogen and oxygen atoms in total. The highest BCUT2D eigenvalue weighted by Crippen LogP contribution is 2.20. The van der Waals surface area contributed by atoms with Crippen LogP contribution in [0.3, 0.4) is 0 Å². The summed E-state index contributed by atoms with van der Waals surface area (Å²) in [6, 6.07) is 12.1. The van der Waals surface area contributed by atoms with E-state index in [0.717, 1.165) is 5.56 Å². The summed E-state index contributed by atoms with van der Waals surface area (Å²) < 4.78 is 1.81. The third-order valence-electron chi connectivity index (χ3n) is 3.65. The molecule has 2 heterocycles. The van der Waals surface area contributed by atoms with Crippen molar-refractivity contribution in [1.29, 1.82) is 0 Å². The Bertz CT molecular complexity index is 844. The van der Waals surface area contributed by atoms with Gasteiger partial charge in [0.1, 0.15) is 11.9 Å². The van der Waals surface area contributed by atoms with Crippen molar-refractivity contribution in [3.8, 4) is 0 Å². The SMILES string of the molecule is Cn1ccnc1C(NC(=O)C(=O)c1cccnc1)c1ccccc1. The second-order valence-corrected chi connectivity index (χ2v) is 5.28. The molecule has 0 aliphatic rings. The molecule has 3 aromatic rings. The number of nitrogens with zero attached hydrogens (tertiary/aromatic N) is 3. The van der Waals surface area contributed by atoms with Crippen LogP contribution in [0.1, 0.15) is 27.8 Å². The molecule has 0 saturated carbocycles. The van der Waals surface area contributed by atoms with E-state index in [1.54, 1.807) is 30.7 Å². The zero-order valence-corrected chi connectivity index (χ0v) is 13.1. The van der Waals surface area contributed by atoms with Crippen molar-refractivity contribution in [2.75, 3.05) is 0 Å². The van der Waals surface area contributed by atoms with Gasteiger partial charge in [0.05, 0.1) is 0 Å². The van der Waals surface area contributed by atoms with Gasteiger partial charge in [-0.2, -0.15) is 0 Å². The standard InChI is InChI=1S/C18H16N4O2/c1-22-11-10-20-17(22)15(13-6-3-2-4-7-13)21-18(24)16(23)14-8-5-9-19-12-14/h2-12,15H,1H3,(H,21,24). The fourth-order valence-electron chi connectivity index (χ4n) is 2.42. The number of Topliss-reactive ketones (excluding diaryl/α,β-unsaturated/α-hetero) is 1. The fraction of sp³-hybridized carbons (Fsp3) is 0.111. The maximum atomic E-state index is 12.4. The molecular formula is C18H16N4O2. The lowest BCUT2D eigenvalue weighted by molar-refractivity contribution is -0.117. The van der Waals surface area contributed by atoms with Gasteiger partial charge in [0, 0.05) is 37.4 Å². The minimum atomic E-state index is -0.695. The summed E-state index contributed by atoms with van der Waals surface area (Å²) in [5.41, 5.74) is 1.10. The summed E-state index contributed by atoms with van der Waals surface area (Å²) in [6.07, 6.45) is 6.37. The van der Waals surface area contributed by atoms with Gasteiger partial charge in [-0.25, -0.2) is 4.98 Å². The van der Waals surface area contributed by atoms with E-state index in [1.165, 1.54) is 6.20 Å². The molecule has 1 amide bonds. The Balaban J connectivity index is 1.89. The molecule has 120 valence electrons. The summed E-state index contributed by atoms with van der Waals surface area (Å²) >= 11 is 0. The third kappa shape index (κ3) is 3.22. The molecule has 6 heteroatoms. The van der Waals surface area contributed by atoms with Gasteiger partial charge in [-0.1, -0.05) is 30.3 Å². The number of pyridine rings is 1. The molecule has 1 aromatic carbocycles. The minimum Gasteiger partial charge on any atom is -0.336 e. The van der Waals surface area contributed by atoms with E-state index in [1.807, 2.05) is 41.9 Å². The Kier molecular flexibility index (Phi) is 4.47. The maximum Gasteiger partial charge on any atom is 0.293 e. The van der Waals surface area contributed by atoms with E-state index in [0.29, 0.717) is 5.82 Å². The summed E-state index contributed by atoms with van der Waals surface area (Å²) in [6.45, 7) is 0. The topological polar surface area (TPSA) is 76.9 Å². The number of carbonyl (C=O) groups is 2. The van der Waals surface area contributed by atoms with Crippen molar-refractivity contribution >= 4 is 11.7 Å². The molecule has 0 aliphatic carbocycles. The van der Waals surface area contributed by atoms with E-state index in [4.69, 9.17) is 0 Å². The number of rotatable bonds is 5. The number of aromatic nitrogens is 3. The highest BCUT2D eigenvalue weighted by atomic mass is 16.2. The second-order valence-electron chi connectivity index (χ2n) is 5.28. The lowest BCUT2D eigenvalue weighted by Gasteiger charge is -2.18. The van der Waals surface area contributed by atoms with Gasteiger partial charge >= 0.3 is 0 Å². The van der Waals surface area contributed by atoms with E-state index < -0.39 is 17.7 Å². The summed E-state index contributed by atoms with van der Waals surface area (Å²) in [5, 5.41) is 2.78. The molecule has 0 spiro atoms. The number of amides is 1. The van der Waals surface area contributed by atoms with Crippen LogP contribution >= 0.6 is 0 Å². The fourth-order valence-corrected chi connectivity index (χ4v) is 2.42. The largest absolute Gasteiger partial charge is 0.336 e. The van der Waals surface area contributed by atoms with Crippen LogP contribution in [0, 0.1) is 0 Å². The van der Waals surface area contributed by atoms with Crippen molar-refractivity contribution in [2.45, 2.75) is 6.04 Å². The van der Waals surface area contributed by atoms with Crippen molar-refractivity contribution < 1.29 is 9.59 Å². The van der Waals surface area contributed by atoms with E-state index in [2.05, 4.69) is 15.3 Å². The Morgan fingerprint density at radius 3 is 2.50 bits per heavy atom. The Hall–Kier alpha value is -3.28. The molecular weight excluding hydrogens is 304 g/mol. The zero-order valence-electron chi connectivity index (χ0n) is 13.1. The molecule has 0 aliphatic heterocycles. The van der Waals surface area contributed by atoms with E-state index in [9.17, 15) is 9.59 Å². The molecule has 0 saturated heterocycles. The zero-order chi connectivity index (χ0) is 16.9. The van der Waals surface area contributed by atoms with Gasteiger partial charge in [0.2, 0.25) is 0 Å². The Morgan fingerprint density at radius 2 is 1.88 bits per heavy atom. The number of imidazole rings is 1. The number of nitrogens with one attached hydrogen (secondary N) is 1. The minimum absolute atomic E-state index is 0.252. The Morgan fingerprint density at radius 1 is 1.08 bits per heavy atom. The van der Waals surface area contributed by atoms with Gasteiger partial charge < -0.3 is 9.88 Å². The predicted molar refractivity (Wildman–Crippen MR) is 88.2 cm³/mol. The lowest BCUT2D eigenvalue weighted by Crippen LogP contribution is -2.36. The number of aryl methyl sites for hydroxylation is 1. The first-order valence-electron chi connectivity index (χ1n) is 7.44. The van der Waals surface area contributed by atoms with Crippen molar-refractivity contribution in [3.63, 3.8) is 0 Å². The number of carbonyl (C=O) groups excluding carboxylic acids is 2. The maximum absolute atomic E-state index is 12.4. The first-order chi connectivity index (χ1) is 11.7. The van der Waals surface area contributed by atoms with Crippen molar-refractivity contribution in [3.05, 3.63) is 84.2 Å². The van der Waals surface area contributed by atoms with Crippen LogP contribution in [0.2, 0.25) is 0 Å². The molecule has 2 aromatic heterocycles. The van der Waals surface area contributed by atoms with E-state index >= 15 is 0 Å². The van der Waals surface area contributed by atoms with Gasteiger partial charge in [-0.3, -0.25) is 14.6 Å². The smallest absolute Gasteiger partial charge is 0.293 e. The summed E-state index contributed by atoms with van der Waals surface area (Å²) in [4.78, 5) is 32.9. The average Bonchev–Trinajstić information content (AvgIpc) is 3.06. The van der Waals surface area contributed by atoms with Crippen LogP contribution < -0.4 is 5.32 Å². The first-order valence-corrected chi connectivity index (χ1v) is 7.44. The van der Waals surface area contributed by atoms with Gasteiger partial charge in [-0.05, 0) is 17.7 Å². The monoisotopic (exact) mass is 320 g/mol. The first kappa shape index (κ1) is 15.6. The molecule has 1 unspecified atom stereocenters. The van der Waals surface area contributed by atoms with Crippen LogP contribution in [-0.4, -0.2) is 26.2 Å². The van der Waals surface area contributed by atoms with Crippen molar-refractivity contribution in [2.24, 2.45) is 7.05 Å². The number of hydrogen-bond donors (Lipinski definition) is 1. The molecule has 0 fully saturated rings. The molecule has 1 N–H and O–H groups in total. The summed E-state index contributed by atoms with van der Waals surface area (Å²) in [7, 11) is 1.84. The van der Waals surface area contributed by atoms with Crippen molar-refractivity contribution in [1.82, 2.24) is 19.9 Å². The van der Waals surface area contributed by atoms with Gasteiger partial charge in [0.15, 0.2) is 0 Å². The molecule has 1 atom stereocenters. The lowest BCUT2D eigenvalue weighted by atomic mass is 10.1. The predicted octanol–water partition coefficient (Wildman–Crippen LogP) is 1.90. The molecule has 0 bridgehead atoms. The number of ketones is 1. The van der Waals surface area contributed by atoms with Crippen LogP contribution in [-0.2, 0) is 11.8 Å². The second kappa shape index (κ2) is 6.87. The van der Waals surface area contributed by atoms with Crippen LogP contribution in [0.25, 0.3) is 0 Å². The number of hydrogen-bond acceptors (Lipinski definition) is 4. The van der Waals surface area contributed by atoms with Gasteiger partial charge in [-0.15, -0.1) is 0 Å². The normalized spacial score (nSPS) is 11.7.